The molecule has 0 saturated carbocycles. The van der Waals surface area contributed by atoms with Crippen LogP contribution in [0.2, 0.25) is 0 Å². The number of aryl methyl sites for hydroxylation is 1. The van der Waals surface area contributed by atoms with Crippen LogP contribution in [0, 0.1) is 0 Å². The Hall–Kier alpha value is -3.28. The van der Waals surface area contributed by atoms with Crippen molar-refractivity contribution in [3.05, 3.63) is 76.7 Å². The van der Waals surface area contributed by atoms with Crippen molar-refractivity contribution in [3.8, 4) is 0 Å². The molecule has 0 aliphatic carbocycles. The van der Waals surface area contributed by atoms with E-state index in [2.05, 4.69) is 10.6 Å². The SMILES string of the molecule is CCc1cc(C(=O)OC)c(NC(=S)Nc2ccc(S(=O)(=O)NC(=O)c3ccccc3)cc2)s1. The van der Waals surface area contributed by atoms with Gasteiger partial charge in [0.25, 0.3) is 15.9 Å². The van der Waals surface area contributed by atoms with Crippen molar-refractivity contribution in [1.82, 2.24) is 4.72 Å². The molecule has 3 aromatic rings. The molecule has 1 heterocycles. The van der Waals surface area contributed by atoms with Crippen LogP contribution in [0.5, 0.6) is 0 Å². The van der Waals surface area contributed by atoms with Crippen LogP contribution >= 0.6 is 23.6 Å². The Morgan fingerprint density at radius 1 is 1.03 bits per heavy atom. The maximum absolute atomic E-state index is 12.5. The van der Waals surface area contributed by atoms with E-state index in [0.29, 0.717) is 16.3 Å². The molecule has 0 spiro atoms. The van der Waals surface area contributed by atoms with Crippen molar-refractivity contribution in [2.24, 2.45) is 0 Å². The van der Waals surface area contributed by atoms with Crippen molar-refractivity contribution in [2.45, 2.75) is 18.2 Å². The Morgan fingerprint density at radius 2 is 1.70 bits per heavy atom. The van der Waals surface area contributed by atoms with E-state index in [4.69, 9.17) is 17.0 Å². The number of esters is 1. The summed E-state index contributed by atoms with van der Waals surface area (Å²) in [5, 5.41) is 6.70. The number of thiophene rings is 1. The van der Waals surface area contributed by atoms with Crippen molar-refractivity contribution in [2.75, 3.05) is 17.7 Å². The molecule has 33 heavy (non-hydrogen) atoms. The lowest BCUT2D eigenvalue weighted by molar-refractivity contribution is 0.0602. The van der Waals surface area contributed by atoms with E-state index < -0.39 is 21.9 Å². The molecule has 0 unspecified atom stereocenters. The van der Waals surface area contributed by atoms with E-state index >= 15 is 0 Å². The smallest absolute Gasteiger partial charge is 0.340 e. The van der Waals surface area contributed by atoms with Gasteiger partial charge in [-0.2, -0.15) is 0 Å². The van der Waals surface area contributed by atoms with Crippen LogP contribution in [0.1, 0.15) is 32.5 Å². The molecule has 0 atom stereocenters. The summed E-state index contributed by atoms with van der Waals surface area (Å²) in [7, 11) is -2.74. The number of sulfonamides is 1. The summed E-state index contributed by atoms with van der Waals surface area (Å²) in [5.74, 6) is -1.18. The number of methoxy groups -OCH3 is 1. The molecule has 2 aromatic carbocycles. The molecule has 0 fully saturated rings. The minimum Gasteiger partial charge on any atom is -0.465 e. The topological polar surface area (TPSA) is 114 Å². The number of hydrogen-bond donors (Lipinski definition) is 3. The predicted octanol–water partition coefficient (Wildman–Crippen LogP) is 4.02. The number of nitrogens with one attached hydrogen (secondary N) is 3. The molecule has 0 saturated heterocycles. The average Bonchev–Trinajstić information content (AvgIpc) is 3.21. The van der Waals surface area contributed by atoms with Gasteiger partial charge in [0, 0.05) is 16.1 Å². The minimum atomic E-state index is -4.05. The number of carbonyl (C=O) groups is 2. The van der Waals surface area contributed by atoms with Crippen LogP contribution in [0.15, 0.2) is 65.6 Å². The molecule has 0 radical (unpaired) electrons. The highest BCUT2D eigenvalue weighted by molar-refractivity contribution is 7.90. The maximum atomic E-state index is 12.5. The summed E-state index contributed by atoms with van der Waals surface area (Å²) in [4.78, 5) is 25.1. The first kappa shape index (κ1) is 24.4. The molecule has 0 bridgehead atoms. The Bertz CT molecular complexity index is 1270. The minimum absolute atomic E-state index is 0.0740. The number of hydrogen-bond acceptors (Lipinski definition) is 7. The number of ether oxygens (including phenoxy) is 1. The van der Waals surface area contributed by atoms with Crippen LogP contribution in [0.4, 0.5) is 10.7 Å². The molecule has 1 aromatic heterocycles. The van der Waals surface area contributed by atoms with E-state index in [1.165, 1.54) is 54.8 Å². The fraction of sp³-hybridized carbons (Fsp3) is 0.136. The summed E-state index contributed by atoms with van der Waals surface area (Å²) in [5.41, 5.74) is 1.15. The fourth-order valence-electron chi connectivity index (χ4n) is 2.78. The summed E-state index contributed by atoms with van der Waals surface area (Å²) < 4.78 is 31.9. The Balaban J connectivity index is 1.67. The second kappa shape index (κ2) is 10.6. The van der Waals surface area contributed by atoms with Gasteiger partial charge in [0.15, 0.2) is 5.11 Å². The van der Waals surface area contributed by atoms with Gasteiger partial charge in [0.05, 0.1) is 17.6 Å². The number of rotatable bonds is 7. The molecule has 3 N–H and O–H groups in total. The predicted molar refractivity (Wildman–Crippen MR) is 132 cm³/mol. The van der Waals surface area contributed by atoms with Gasteiger partial charge in [-0.3, -0.25) is 4.79 Å². The molecule has 172 valence electrons. The zero-order chi connectivity index (χ0) is 24.0. The number of thiocarbonyl (C=S) groups is 1. The van der Waals surface area contributed by atoms with Crippen molar-refractivity contribution >= 4 is 61.3 Å². The molecule has 0 aliphatic rings. The van der Waals surface area contributed by atoms with Crippen molar-refractivity contribution in [1.29, 1.82) is 0 Å². The van der Waals surface area contributed by atoms with Crippen LogP contribution < -0.4 is 15.4 Å². The van der Waals surface area contributed by atoms with E-state index in [1.807, 2.05) is 11.6 Å². The lowest BCUT2D eigenvalue weighted by Crippen LogP contribution is -2.30. The second-order valence-electron chi connectivity index (χ2n) is 6.70. The average molecular weight is 504 g/mol. The van der Waals surface area contributed by atoms with Crippen LogP contribution in [-0.2, 0) is 21.2 Å². The quantitative estimate of drug-likeness (QED) is 0.327. The Morgan fingerprint density at radius 3 is 2.30 bits per heavy atom. The number of benzene rings is 2. The van der Waals surface area contributed by atoms with Crippen molar-refractivity contribution < 1.29 is 22.7 Å². The normalized spacial score (nSPS) is 10.8. The molecule has 1 amide bonds. The summed E-state index contributed by atoms with van der Waals surface area (Å²) >= 11 is 6.71. The third-order valence-electron chi connectivity index (χ3n) is 4.45. The van der Waals surface area contributed by atoms with Gasteiger partial charge < -0.3 is 15.4 Å². The molecule has 3 rings (SSSR count). The highest BCUT2D eigenvalue weighted by atomic mass is 32.2. The van der Waals surface area contributed by atoms with Crippen LogP contribution in [-0.4, -0.2) is 32.5 Å². The third kappa shape index (κ3) is 6.15. The summed E-state index contributed by atoms with van der Waals surface area (Å²) in [6.45, 7) is 1.98. The third-order valence-corrected chi connectivity index (χ3v) is 7.20. The molecule has 0 aliphatic heterocycles. The van der Waals surface area contributed by atoms with Gasteiger partial charge in [0.1, 0.15) is 5.00 Å². The van der Waals surface area contributed by atoms with E-state index in [1.54, 1.807) is 24.3 Å². The van der Waals surface area contributed by atoms with Gasteiger partial charge >= 0.3 is 5.97 Å². The Labute approximate surface area is 201 Å². The first-order valence-corrected chi connectivity index (χ1v) is 12.5. The maximum Gasteiger partial charge on any atom is 0.340 e. The lowest BCUT2D eigenvalue weighted by Gasteiger charge is -2.11. The molecular weight excluding hydrogens is 482 g/mol. The highest BCUT2D eigenvalue weighted by Gasteiger charge is 2.19. The van der Waals surface area contributed by atoms with E-state index in [-0.39, 0.29) is 15.6 Å². The standard InChI is InChI=1S/C22H21N3O5S3/c1-3-16-13-18(21(27)30-2)20(32-16)24-22(31)23-15-9-11-17(12-10-15)33(28,29)25-19(26)14-7-5-4-6-8-14/h4-13H,3H2,1-2H3,(H,25,26)(H2,23,24,31). The van der Waals surface area contributed by atoms with Gasteiger partial charge in [-0.25, -0.2) is 17.9 Å². The fourth-order valence-corrected chi connectivity index (χ4v) is 5.03. The monoisotopic (exact) mass is 503 g/mol. The molecular formula is C22H21N3O5S3. The molecule has 8 nitrogen and oxygen atoms in total. The van der Waals surface area contributed by atoms with Gasteiger partial charge in [-0.15, -0.1) is 11.3 Å². The van der Waals surface area contributed by atoms with Gasteiger partial charge in [-0.1, -0.05) is 25.1 Å². The first-order chi connectivity index (χ1) is 15.7. The van der Waals surface area contributed by atoms with Crippen LogP contribution in [0.3, 0.4) is 0 Å². The van der Waals surface area contributed by atoms with E-state index in [9.17, 15) is 18.0 Å². The zero-order valence-electron chi connectivity index (χ0n) is 17.7. The Kier molecular flexibility index (Phi) is 7.79. The second-order valence-corrected chi connectivity index (χ2v) is 9.93. The number of anilines is 2. The van der Waals surface area contributed by atoms with Gasteiger partial charge in [-0.05, 0) is 61.1 Å². The lowest BCUT2D eigenvalue weighted by atomic mass is 10.2. The summed E-state index contributed by atoms with van der Waals surface area (Å²) in [6, 6.07) is 15.6. The van der Waals surface area contributed by atoms with E-state index in [0.717, 1.165) is 11.3 Å². The summed E-state index contributed by atoms with van der Waals surface area (Å²) in [6.07, 6.45) is 0.757. The molecule has 11 heteroatoms. The van der Waals surface area contributed by atoms with Gasteiger partial charge in [0.2, 0.25) is 0 Å². The largest absolute Gasteiger partial charge is 0.465 e. The first-order valence-electron chi connectivity index (χ1n) is 9.74. The highest BCUT2D eigenvalue weighted by Crippen LogP contribution is 2.29. The van der Waals surface area contributed by atoms with Crippen LogP contribution in [0.25, 0.3) is 0 Å². The number of carbonyl (C=O) groups excluding carboxylic acids is 2. The van der Waals surface area contributed by atoms with Crippen molar-refractivity contribution in [3.63, 3.8) is 0 Å². The zero-order valence-corrected chi connectivity index (χ0v) is 20.2. The number of amides is 1.